The first-order valence-corrected chi connectivity index (χ1v) is 9.01. The van der Waals surface area contributed by atoms with E-state index in [0.717, 1.165) is 25.9 Å². The number of aromatic nitrogens is 3. The maximum Gasteiger partial charge on any atom is 0.233 e. The van der Waals surface area contributed by atoms with Crippen molar-refractivity contribution in [1.29, 1.82) is 0 Å². The molecule has 8 heteroatoms. The second-order valence-electron chi connectivity index (χ2n) is 5.74. The van der Waals surface area contributed by atoms with Crippen LogP contribution in [0.3, 0.4) is 0 Å². The molecule has 1 aromatic heterocycles. The Labute approximate surface area is 144 Å². The van der Waals surface area contributed by atoms with Crippen LogP contribution in [0, 0.1) is 5.82 Å². The standard InChI is InChI=1S/C16H20FN5OS/c17-13-8-4-3-7-12(13)15-19-20-16(22(15)18)24-11-14(23)21-9-5-1-2-6-10-21/h3-4,7-8H,1-2,5-6,9-11,18H2. The summed E-state index contributed by atoms with van der Waals surface area (Å²) in [6.45, 7) is 1.63. The summed E-state index contributed by atoms with van der Waals surface area (Å²) in [6.07, 6.45) is 4.47. The largest absolute Gasteiger partial charge is 0.342 e. The minimum absolute atomic E-state index is 0.0809. The molecule has 0 saturated carbocycles. The predicted molar refractivity (Wildman–Crippen MR) is 91.3 cm³/mol. The van der Waals surface area contributed by atoms with Crippen molar-refractivity contribution in [3.63, 3.8) is 0 Å². The second kappa shape index (κ2) is 7.65. The number of amides is 1. The molecule has 2 heterocycles. The SMILES string of the molecule is Nn1c(SCC(=O)N2CCCCCC2)nnc1-c1ccccc1F. The number of nitrogen functional groups attached to an aromatic ring is 1. The number of rotatable bonds is 4. The van der Waals surface area contributed by atoms with Gasteiger partial charge in [0.1, 0.15) is 5.82 Å². The van der Waals surface area contributed by atoms with Crippen molar-refractivity contribution in [2.75, 3.05) is 24.7 Å². The third-order valence-electron chi connectivity index (χ3n) is 4.06. The highest BCUT2D eigenvalue weighted by molar-refractivity contribution is 7.99. The average Bonchev–Trinajstić information content (AvgIpc) is 2.79. The number of carbonyl (C=O) groups is 1. The number of likely N-dealkylation sites (tertiary alicyclic amines) is 1. The Morgan fingerprint density at radius 3 is 2.58 bits per heavy atom. The molecule has 0 unspecified atom stereocenters. The van der Waals surface area contributed by atoms with Gasteiger partial charge < -0.3 is 10.7 Å². The predicted octanol–water partition coefficient (Wildman–Crippen LogP) is 2.29. The third-order valence-corrected chi connectivity index (χ3v) is 4.99. The van der Waals surface area contributed by atoms with Gasteiger partial charge in [-0.3, -0.25) is 4.79 Å². The van der Waals surface area contributed by atoms with E-state index >= 15 is 0 Å². The Balaban J connectivity index is 1.66. The second-order valence-corrected chi connectivity index (χ2v) is 6.68. The highest BCUT2D eigenvalue weighted by Crippen LogP contribution is 2.24. The molecule has 1 fully saturated rings. The minimum atomic E-state index is -0.409. The van der Waals surface area contributed by atoms with E-state index in [2.05, 4.69) is 10.2 Å². The number of hydrogen-bond donors (Lipinski definition) is 1. The third kappa shape index (κ3) is 3.69. The van der Waals surface area contributed by atoms with Crippen LogP contribution in [0.15, 0.2) is 29.4 Å². The molecule has 128 valence electrons. The monoisotopic (exact) mass is 349 g/mol. The van der Waals surface area contributed by atoms with Crippen LogP contribution in [0.1, 0.15) is 25.7 Å². The number of thioether (sulfide) groups is 1. The number of benzene rings is 1. The molecule has 0 bridgehead atoms. The van der Waals surface area contributed by atoms with Gasteiger partial charge in [0.15, 0.2) is 5.82 Å². The molecule has 1 saturated heterocycles. The van der Waals surface area contributed by atoms with Gasteiger partial charge in [0.05, 0.1) is 11.3 Å². The van der Waals surface area contributed by atoms with Gasteiger partial charge in [-0.05, 0) is 25.0 Å². The summed E-state index contributed by atoms with van der Waals surface area (Å²) < 4.78 is 15.1. The maximum atomic E-state index is 13.9. The van der Waals surface area contributed by atoms with Gasteiger partial charge in [0.25, 0.3) is 0 Å². The van der Waals surface area contributed by atoms with E-state index in [1.807, 2.05) is 4.90 Å². The first kappa shape index (κ1) is 16.8. The van der Waals surface area contributed by atoms with Crippen molar-refractivity contribution in [2.45, 2.75) is 30.8 Å². The molecule has 6 nitrogen and oxygen atoms in total. The summed E-state index contributed by atoms with van der Waals surface area (Å²) in [6, 6.07) is 6.26. The molecule has 0 spiro atoms. The molecule has 3 rings (SSSR count). The Morgan fingerprint density at radius 1 is 1.17 bits per heavy atom. The van der Waals surface area contributed by atoms with Crippen molar-refractivity contribution in [3.8, 4) is 11.4 Å². The lowest BCUT2D eigenvalue weighted by Crippen LogP contribution is -2.33. The molecule has 2 N–H and O–H groups in total. The lowest BCUT2D eigenvalue weighted by Gasteiger charge is -2.19. The van der Waals surface area contributed by atoms with Crippen molar-refractivity contribution < 1.29 is 9.18 Å². The highest BCUT2D eigenvalue weighted by Gasteiger charge is 2.19. The molecule has 1 amide bonds. The summed E-state index contributed by atoms with van der Waals surface area (Å²) in [7, 11) is 0. The zero-order valence-corrected chi connectivity index (χ0v) is 14.1. The quantitative estimate of drug-likeness (QED) is 0.677. The van der Waals surface area contributed by atoms with Crippen LogP contribution in [0.5, 0.6) is 0 Å². The van der Waals surface area contributed by atoms with Crippen LogP contribution in [0.2, 0.25) is 0 Å². The summed E-state index contributed by atoms with van der Waals surface area (Å²) >= 11 is 1.23. The fourth-order valence-electron chi connectivity index (χ4n) is 2.74. The van der Waals surface area contributed by atoms with Crippen LogP contribution in [-0.2, 0) is 4.79 Å². The molecule has 2 aromatic rings. The lowest BCUT2D eigenvalue weighted by molar-refractivity contribution is -0.128. The average molecular weight is 349 g/mol. The minimum Gasteiger partial charge on any atom is -0.342 e. The van der Waals surface area contributed by atoms with Gasteiger partial charge in [0.2, 0.25) is 11.1 Å². The normalized spacial score (nSPS) is 15.3. The smallest absolute Gasteiger partial charge is 0.233 e. The van der Waals surface area contributed by atoms with Gasteiger partial charge in [-0.25, -0.2) is 9.07 Å². The zero-order chi connectivity index (χ0) is 16.9. The molecule has 0 aliphatic carbocycles. The van der Waals surface area contributed by atoms with E-state index in [-0.39, 0.29) is 23.0 Å². The Bertz CT molecular complexity index is 712. The number of carbonyl (C=O) groups excluding carboxylic acids is 1. The molecule has 1 aliphatic heterocycles. The summed E-state index contributed by atoms with van der Waals surface area (Å²) in [4.78, 5) is 14.2. The van der Waals surface area contributed by atoms with E-state index in [9.17, 15) is 9.18 Å². The van der Waals surface area contributed by atoms with Crippen LogP contribution in [0.25, 0.3) is 11.4 Å². The summed E-state index contributed by atoms with van der Waals surface area (Å²) in [5.74, 6) is 6.15. The van der Waals surface area contributed by atoms with Gasteiger partial charge in [-0.15, -0.1) is 10.2 Å². The van der Waals surface area contributed by atoms with Gasteiger partial charge in [-0.2, -0.15) is 0 Å². The highest BCUT2D eigenvalue weighted by atomic mass is 32.2. The molecule has 0 radical (unpaired) electrons. The van der Waals surface area contributed by atoms with Crippen LogP contribution >= 0.6 is 11.8 Å². The molecule has 24 heavy (non-hydrogen) atoms. The van der Waals surface area contributed by atoms with Gasteiger partial charge >= 0.3 is 0 Å². The van der Waals surface area contributed by atoms with Gasteiger partial charge in [-0.1, -0.05) is 36.7 Å². The fraction of sp³-hybridized carbons (Fsp3) is 0.438. The van der Waals surface area contributed by atoms with Crippen molar-refractivity contribution in [1.82, 2.24) is 19.8 Å². The Kier molecular flexibility index (Phi) is 5.34. The number of halogens is 1. The zero-order valence-electron chi connectivity index (χ0n) is 13.3. The summed E-state index contributed by atoms with van der Waals surface area (Å²) in [5, 5.41) is 8.34. The number of nitrogens with two attached hydrogens (primary N) is 1. The van der Waals surface area contributed by atoms with Crippen molar-refractivity contribution in [2.24, 2.45) is 0 Å². The first-order valence-electron chi connectivity index (χ1n) is 8.03. The van der Waals surface area contributed by atoms with E-state index in [4.69, 9.17) is 5.84 Å². The van der Waals surface area contributed by atoms with E-state index in [1.54, 1.807) is 18.2 Å². The molecular formula is C16H20FN5OS. The molecule has 1 aliphatic rings. The van der Waals surface area contributed by atoms with Crippen LogP contribution in [-0.4, -0.2) is 44.5 Å². The Hall–Kier alpha value is -2.09. The van der Waals surface area contributed by atoms with Crippen LogP contribution in [0.4, 0.5) is 4.39 Å². The lowest BCUT2D eigenvalue weighted by atomic mass is 10.2. The fourth-order valence-corrected chi connectivity index (χ4v) is 3.50. The maximum absolute atomic E-state index is 13.9. The van der Waals surface area contributed by atoms with E-state index < -0.39 is 5.82 Å². The molecule has 0 atom stereocenters. The number of hydrogen-bond acceptors (Lipinski definition) is 5. The van der Waals surface area contributed by atoms with E-state index in [1.165, 1.54) is 35.3 Å². The Morgan fingerprint density at radius 2 is 1.88 bits per heavy atom. The first-order chi connectivity index (χ1) is 11.7. The summed E-state index contributed by atoms with van der Waals surface area (Å²) in [5.41, 5.74) is 0.290. The van der Waals surface area contributed by atoms with Crippen molar-refractivity contribution >= 4 is 17.7 Å². The molecule has 1 aromatic carbocycles. The van der Waals surface area contributed by atoms with Crippen molar-refractivity contribution in [3.05, 3.63) is 30.1 Å². The molecular weight excluding hydrogens is 329 g/mol. The number of nitrogens with zero attached hydrogens (tertiary/aromatic N) is 4. The topological polar surface area (TPSA) is 77.0 Å². The van der Waals surface area contributed by atoms with Crippen LogP contribution < -0.4 is 5.84 Å². The van der Waals surface area contributed by atoms with Gasteiger partial charge in [0, 0.05) is 13.1 Å². The van der Waals surface area contributed by atoms with E-state index in [0.29, 0.717) is 5.16 Å².